The van der Waals surface area contributed by atoms with Crippen LogP contribution in [0.25, 0.3) is 10.9 Å². The molecule has 4 nitrogen and oxygen atoms in total. The van der Waals surface area contributed by atoms with Crippen molar-refractivity contribution in [3.63, 3.8) is 0 Å². The number of hydrogen-bond donors (Lipinski definition) is 3. The van der Waals surface area contributed by atoms with Crippen LogP contribution >= 0.6 is 0 Å². The lowest BCUT2D eigenvalue weighted by molar-refractivity contribution is 0.0936. The van der Waals surface area contributed by atoms with Crippen molar-refractivity contribution in [1.29, 1.82) is 0 Å². The van der Waals surface area contributed by atoms with Crippen LogP contribution in [-0.4, -0.2) is 30.0 Å². The Bertz CT molecular complexity index is 624. The van der Waals surface area contributed by atoms with Gasteiger partial charge < -0.3 is 15.6 Å². The standard InChI is InChI=1S/C15H19N3O/c1-9-5-10(2)12-7-14(18-13(12)6-9)15(19)17-11-3-4-16-8-11/h5-7,11,16,18H,3-4,8H2,1-2H3,(H,17,19)/t11-/m1/s1. The summed E-state index contributed by atoms with van der Waals surface area (Å²) in [5.41, 5.74) is 4.09. The lowest BCUT2D eigenvalue weighted by Gasteiger charge is -2.09. The molecule has 1 saturated heterocycles. The molecule has 0 spiro atoms. The highest BCUT2D eigenvalue weighted by Gasteiger charge is 2.18. The van der Waals surface area contributed by atoms with Gasteiger partial charge in [-0.15, -0.1) is 0 Å². The largest absolute Gasteiger partial charge is 0.351 e. The fourth-order valence-electron chi connectivity index (χ4n) is 2.76. The van der Waals surface area contributed by atoms with Crippen LogP contribution in [-0.2, 0) is 0 Å². The number of fused-ring (bicyclic) bond motifs is 1. The molecule has 1 aromatic carbocycles. The van der Waals surface area contributed by atoms with E-state index in [9.17, 15) is 4.79 Å². The highest BCUT2D eigenvalue weighted by atomic mass is 16.1. The summed E-state index contributed by atoms with van der Waals surface area (Å²) in [6.45, 7) is 5.99. The third-order valence-electron chi connectivity index (χ3n) is 3.73. The molecule has 1 fully saturated rings. The first-order valence-electron chi connectivity index (χ1n) is 6.75. The van der Waals surface area contributed by atoms with E-state index >= 15 is 0 Å². The molecule has 2 aromatic rings. The van der Waals surface area contributed by atoms with Gasteiger partial charge in [-0.3, -0.25) is 4.79 Å². The maximum absolute atomic E-state index is 12.2. The molecule has 0 radical (unpaired) electrons. The zero-order valence-electron chi connectivity index (χ0n) is 11.3. The topological polar surface area (TPSA) is 56.9 Å². The van der Waals surface area contributed by atoms with E-state index in [1.54, 1.807) is 0 Å². The van der Waals surface area contributed by atoms with E-state index in [4.69, 9.17) is 0 Å². The number of amides is 1. The van der Waals surface area contributed by atoms with Gasteiger partial charge in [0.25, 0.3) is 5.91 Å². The van der Waals surface area contributed by atoms with Gasteiger partial charge in [-0.1, -0.05) is 6.07 Å². The molecule has 2 heterocycles. The summed E-state index contributed by atoms with van der Waals surface area (Å²) >= 11 is 0. The van der Waals surface area contributed by atoms with Crippen molar-refractivity contribution in [2.75, 3.05) is 13.1 Å². The number of carbonyl (C=O) groups excluding carboxylic acids is 1. The Morgan fingerprint density at radius 1 is 1.32 bits per heavy atom. The Labute approximate surface area is 112 Å². The van der Waals surface area contributed by atoms with E-state index < -0.39 is 0 Å². The summed E-state index contributed by atoms with van der Waals surface area (Å²) in [7, 11) is 0. The molecular weight excluding hydrogens is 238 g/mol. The number of aromatic amines is 1. The van der Waals surface area contributed by atoms with Crippen LogP contribution in [0.2, 0.25) is 0 Å². The number of hydrogen-bond acceptors (Lipinski definition) is 2. The summed E-state index contributed by atoms with van der Waals surface area (Å²) < 4.78 is 0. The molecule has 1 atom stereocenters. The third-order valence-corrected chi connectivity index (χ3v) is 3.73. The van der Waals surface area contributed by atoms with E-state index in [0.717, 1.165) is 30.4 Å². The lowest BCUT2D eigenvalue weighted by atomic mass is 10.1. The molecule has 0 unspecified atom stereocenters. The Kier molecular flexibility index (Phi) is 3.03. The molecule has 19 heavy (non-hydrogen) atoms. The molecule has 1 aromatic heterocycles. The van der Waals surface area contributed by atoms with Crippen molar-refractivity contribution in [2.45, 2.75) is 26.3 Å². The number of aromatic nitrogens is 1. The number of rotatable bonds is 2. The zero-order valence-corrected chi connectivity index (χ0v) is 11.3. The van der Waals surface area contributed by atoms with Crippen molar-refractivity contribution < 1.29 is 4.79 Å². The Morgan fingerprint density at radius 2 is 2.16 bits per heavy atom. The molecule has 100 valence electrons. The van der Waals surface area contributed by atoms with E-state index in [2.05, 4.69) is 41.6 Å². The number of aryl methyl sites for hydroxylation is 2. The van der Waals surface area contributed by atoms with Crippen LogP contribution in [0.15, 0.2) is 18.2 Å². The maximum Gasteiger partial charge on any atom is 0.267 e. The van der Waals surface area contributed by atoms with Crippen LogP contribution in [0.1, 0.15) is 28.0 Å². The third kappa shape index (κ3) is 2.36. The second-order valence-electron chi connectivity index (χ2n) is 5.39. The quantitative estimate of drug-likeness (QED) is 0.769. The van der Waals surface area contributed by atoms with Gasteiger partial charge in [0.15, 0.2) is 0 Å². The molecule has 0 bridgehead atoms. The molecule has 4 heteroatoms. The molecule has 0 aliphatic carbocycles. The number of carbonyl (C=O) groups is 1. The lowest BCUT2D eigenvalue weighted by Crippen LogP contribution is -2.36. The minimum atomic E-state index is -0.0121. The van der Waals surface area contributed by atoms with Gasteiger partial charge in [0.1, 0.15) is 5.69 Å². The van der Waals surface area contributed by atoms with Crippen molar-refractivity contribution in [2.24, 2.45) is 0 Å². The summed E-state index contributed by atoms with van der Waals surface area (Å²) in [6.07, 6.45) is 1.00. The first-order valence-corrected chi connectivity index (χ1v) is 6.75. The first kappa shape index (κ1) is 12.2. The normalized spacial score (nSPS) is 18.9. The second kappa shape index (κ2) is 4.70. The van der Waals surface area contributed by atoms with Crippen LogP contribution in [0, 0.1) is 13.8 Å². The number of nitrogens with one attached hydrogen (secondary N) is 3. The average Bonchev–Trinajstić information content (AvgIpc) is 2.97. The van der Waals surface area contributed by atoms with Crippen LogP contribution in [0.4, 0.5) is 0 Å². The van der Waals surface area contributed by atoms with Gasteiger partial charge in [0.2, 0.25) is 0 Å². The van der Waals surface area contributed by atoms with Crippen molar-refractivity contribution in [3.8, 4) is 0 Å². The molecular formula is C15H19N3O. The smallest absolute Gasteiger partial charge is 0.267 e. The fourth-order valence-corrected chi connectivity index (χ4v) is 2.76. The van der Waals surface area contributed by atoms with Crippen LogP contribution in [0.3, 0.4) is 0 Å². The molecule has 3 rings (SSSR count). The summed E-state index contributed by atoms with van der Waals surface area (Å²) in [5, 5.41) is 7.43. The first-order chi connectivity index (χ1) is 9.13. The maximum atomic E-state index is 12.2. The van der Waals surface area contributed by atoms with E-state index in [0.29, 0.717) is 5.69 Å². The Balaban J connectivity index is 1.88. The minimum absolute atomic E-state index is 0.0121. The van der Waals surface area contributed by atoms with E-state index in [1.807, 2.05) is 6.07 Å². The SMILES string of the molecule is Cc1cc(C)c2cc(C(=O)N[C@@H]3CCNC3)[nH]c2c1. The van der Waals surface area contributed by atoms with Gasteiger partial charge in [-0.05, 0) is 50.1 Å². The summed E-state index contributed by atoms with van der Waals surface area (Å²) in [5.74, 6) is -0.0121. The van der Waals surface area contributed by atoms with E-state index in [-0.39, 0.29) is 11.9 Å². The summed E-state index contributed by atoms with van der Waals surface area (Å²) in [6, 6.07) is 6.42. The zero-order chi connectivity index (χ0) is 13.4. The molecule has 1 aliphatic heterocycles. The number of H-pyrrole nitrogens is 1. The van der Waals surface area contributed by atoms with Crippen molar-refractivity contribution in [1.82, 2.24) is 15.6 Å². The predicted octanol–water partition coefficient (Wildman–Crippen LogP) is 1.88. The van der Waals surface area contributed by atoms with Crippen molar-refractivity contribution in [3.05, 3.63) is 35.0 Å². The highest BCUT2D eigenvalue weighted by Crippen LogP contribution is 2.21. The Hall–Kier alpha value is -1.81. The Morgan fingerprint density at radius 3 is 2.89 bits per heavy atom. The van der Waals surface area contributed by atoms with Crippen LogP contribution in [0.5, 0.6) is 0 Å². The number of benzene rings is 1. The molecule has 1 amide bonds. The molecule has 3 N–H and O–H groups in total. The van der Waals surface area contributed by atoms with Gasteiger partial charge in [0, 0.05) is 23.5 Å². The average molecular weight is 257 g/mol. The van der Waals surface area contributed by atoms with Crippen molar-refractivity contribution >= 4 is 16.8 Å². The minimum Gasteiger partial charge on any atom is -0.351 e. The summed E-state index contributed by atoms with van der Waals surface area (Å²) in [4.78, 5) is 15.4. The predicted molar refractivity (Wildman–Crippen MR) is 76.5 cm³/mol. The fraction of sp³-hybridized carbons (Fsp3) is 0.400. The molecule has 0 saturated carbocycles. The molecule has 1 aliphatic rings. The van der Waals surface area contributed by atoms with Crippen LogP contribution < -0.4 is 10.6 Å². The monoisotopic (exact) mass is 257 g/mol. The van der Waals surface area contributed by atoms with Gasteiger partial charge in [-0.25, -0.2) is 0 Å². The van der Waals surface area contributed by atoms with Gasteiger partial charge in [-0.2, -0.15) is 0 Å². The second-order valence-corrected chi connectivity index (χ2v) is 5.39. The van der Waals surface area contributed by atoms with E-state index in [1.165, 1.54) is 11.1 Å². The van der Waals surface area contributed by atoms with Gasteiger partial charge >= 0.3 is 0 Å². The highest BCUT2D eigenvalue weighted by molar-refractivity contribution is 5.99. The van der Waals surface area contributed by atoms with Gasteiger partial charge in [0.05, 0.1) is 0 Å².